The number of carbonyl (C=O) groups is 1. The van der Waals surface area contributed by atoms with Gasteiger partial charge >= 0.3 is 0 Å². The van der Waals surface area contributed by atoms with Gasteiger partial charge in [0.15, 0.2) is 0 Å². The third-order valence-electron chi connectivity index (χ3n) is 7.56. The van der Waals surface area contributed by atoms with E-state index >= 15 is 4.39 Å². The molecule has 0 radical (unpaired) electrons. The third kappa shape index (κ3) is 3.81. The SMILES string of the molecule is CN(C)c1ccc(-c2cc(C3C4C=CCC[C@@]4(C)C(=O)N3Cc3ccccc3)ccc2F)cc1. The van der Waals surface area contributed by atoms with Crippen LogP contribution in [0.4, 0.5) is 10.1 Å². The molecule has 0 aromatic heterocycles. The van der Waals surface area contributed by atoms with Gasteiger partial charge in [-0.1, -0.05) is 67.6 Å². The summed E-state index contributed by atoms with van der Waals surface area (Å²) in [6.07, 6.45) is 6.17. The molecule has 2 unspecified atom stereocenters. The van der Waals surface area contributed by atoms with E-state index in [2.05, 4.69) is 31.2 Å². The van der Waals surface area contributed by atoms with Crippen molar-refractivity contribution in [2.75, 3.05) is 19.0 Å². The summed E-state index contributed by atoms with van der Waals surface area (Å²) < 4.78 is 15.0. The van der Waals surface area contributed by atoms with Crippen molar-refractivity contribution in [2.24, 2.45) is 11.3 Å². The smallest absolute Gasteiger partial charge is 0.230 e. The second-order valence-corrected chi connectivity index (χ2v) is 9.95. The lowest BCUT2D eigenvalue weighted by atomic mass is 9.69. The molecule has 1 fully saturated rings. The Morgan fingerprint density at radius 2 is 1.76 bits per heavy atom. The molecule has 1 heterocycles. The van der Waals surface area contributed by atoms with Crippen LogP contribution in [0.3, 0.4) is 0 Å². The molecule has 174 valence electrons. The van der Waals surface area contributed by atoms with Crippen LogP contribution in [0.15, 0.2) is 84.9 Å². The number of hydrogen-bond acceptors (Lipinski definition) is 2. The number of benzene rings is 3. The van der Waals surface area contributed by atoms with E-state index in [-0.39, 0.29) is 23.7 Å². The molecule has 3 aromatic rings. The monoisotopic (exact) mass is 454 g/mol. The molecule has 0 bridgehead atoms. The maximum absolute atomic E-state index is 15.0. The summed E-state index contributed by atoms with van der Waals surface area (Å²) in [6, 6.07) is 23.3. The Kier molecular flexibility index (Phi) is 5.76. The number of likely N-dealkylation sites (tertiary alicyclic amines) is 1. The predicted octanol–water partition coefficient (Wildman–Crippen LogP) is 6.61. The van der Waals surface area contributed by atoms with Crippen molar-refractivity contribution in [2.45, 2.75) is 32.4 Å². The van der Waals surface area contributed by atoms with Crippen LogP contribution in [-0.4, -0.2) is 24.9 Å². The molecule has 1 amide bonds. The Hall–Kier alpha value is -3.40. The lowest BCUT2D eigenvalue weighted by Crippen LogP contribution is -2.34. The Bertz CT molecular complexity index is 1220. The van der Waals surface area contributed by atoms with Gasteiger partial charge in [0.05, 0.1) is 11.5 Å². The van der Waals surface area contributed by atoms with Gasteiger partial charge in [-0.2, -0.15) is 0 Å². The van der Waals surface area contributed by atoms with E-state index in [9.17, 15) is 4.79 Å². The molecular formula is C30H31FN2O. The first-order chi connectivity index (χ1) is 16.4. The number of nitrogens with zero attached hydrogens (tertiary/aromatic N) is 2. The maximum Gasteiger partial charge on any atom is 0.230 e. The lowest BCUT2D eigenvalue weighted by Gasteiger charge is -2.32. The molecule has 5 rings (SSSR count). The topological polar surface area (TPSA) is 23.6 Å². The fraction of sp³-hybridized carbons (Fsp3) is 0.300. The summed E-state index contributed by atoms with van der Waals surface area (Å²) in [5.41, 5.74) is 4.13. The summed E-state index contributed by atoms with van der Waals surface area (Å²) >= 11 is 0. The minimum atomic E-state index is -0.434. The van der Waals surface area contributed by atoms with Crippen LogP contribution in [0.2, 0.25) is 0 Å². The van der Waals surface area contributed by atoms with Crippen molar-refractivity contribution in [3.63, 3.8) is 0 Å². The fourth-order valence-electron chi connectivity index (χ4n) is 5.58. The Morgan fingerprint density at radius 3 is 2.47 bits per heavy atom. The summed E-state index contributed by atoms with van der Waals surface area (Å²) in [5, 5.41) is 0. The van der Waals surface area contributed by atoms with Gasteiger partial charge in [0, 0.05) is 37.8 Å². The zero-order valence-corrected chi connectivity index (χ0v) is 20.0. The molecule has 1 saturated heterocycles. The number of hydrogen-bond donors (Lipinski definition) is 0. The van der Waals surface area contributed by atoms with Crippen LogP contribution < -0.4 is 4.90 Å². The molecule has 1 aliphatic carbocycles. The summed E-state index contributed by atoms with van der Waals surface area (Å²) in [5.74, 6) is 0.00559. The molecular weight excluding hydrogens is 423 g/mol. The number of carbonyl (C=O) groups excluding carboxylic acids is 1. The molecule has 4 heteroatoms. The van der Waals surface area contributed by atoms with Crippen LogP contribution in [-0.2, 0) is 11.3 Å². The Morgan fingerprint density at radius 1 is 1.03 bits per heavy atom. The Labute approximate surface area is 201 Å². The molecule has 0 saturated carbocycles. The number of rotatable bonds is 5. The number of allylic oxidation sites excluding steroid dienone is 1. The summed E-state index contributed by atoms with van der Waals surface area (Å²) in [6.45, 7) is 2.65. The molecule has 0 N–H and O–H groups in total. The highest BCUT2D eigenvalue weighted by Crippen LogP contribution is 2.54. The fourth-order valence-corrected chi connectivity index (χ4v) is 5.58. The van der Waals surface area contributed by atoms with E-state index in [1.54, 1.807) is 6.07 Å². The summed E-state index contributed by atoms with van der Waals surface area (Å²) in [7, 11) is 3.98. The van der Waals surface area contributed by atoms with Crippen molar-refractivity contribution < 1.29 is 9.18 Å². The first-order valence-electron chi connectivity index (χ1n) is 12.0. The van der Waals surface area contributed by atoms with Crippen molar-refractivity contribution in [3.05, 3.63) is 102 Å². The second-order valence-electron chi connectivity index (χ2n) is 9.95. The highest BCUT2D eigenvalue weighted by atomic mass is 19.1. The van der Waals surface area contributed by atoms with Gasteiger partial charge < -0.3 is 9.80 Å². The van der Waals surface area contributed by atoms with Gasteiger partial charge in [-0.3, -0.25) is 4.79 Å². The molecule has 2 aliphatic rings. The van der Waals surface area contributed by atoms with Gasteiger partial charge in [0.25, 0.3) is 0 Å². The van der Waals surface area contributed by atoms with Crippen LogP contribution in [0.1, 0.15) is 36.9 Å². The zero-order chi connectivity index (χ0) is 23.9. The lowest BCUT2D eigenvalue weighted by molar-refractivity contribution is -0.137. The van der Waals surface area contributed by atoms with Crippen LogP contribution >= 0.6 is 0 Å². The van der Waals surface area contributed by atoms with Crippen molar-refractivity contribution in [1.29, 1.82) is 0 Å². The molecule has 3 atom stereocenters. The second kappa shape index (κ2) is 8.75. The quantitative estimate of drug-likeness (QED) is 0.405. The molecule has 3 nitrogen and oxygen atoms in total. The Balaban J connectivity index is 1.58. The molecule has 3 aromatic carbocycles. The van der Waals surface area contributed by atoms with Crippen LogP contribution in [0.5, 0.6) is 0 Å². The van der Waals surface area contributed by atoms with E-state index in [0.29, 0.717) is 12.1 Å². The average molecular weight is 455 g/mol. The van der Waals surface area contributed by atoms with Gasteiger partial charge in [-0.15, -0.1) is 0 Å². The standard InChI is InChI=1S/C30H31FN2O/c1-30-18-8-7-11-26(30)28(33(29(30)34)20-21-9-5-4-6-10-21)23-14-17-27(31)25(19-23)22-12-15-24(16-13-22)32(2)3/h4-7,9-17,19,26,28H,8,18,20H2,1-3H3/t26?,28?,30-/m1/s1. The summed E-state index contributed by atoms with van der Waals surface area (Å²) in [4.78, 5) is 17.8. The number of halogens is 1. The van der Waals surface area contributed by atoms with Crippen LogP contribution in [0.25, 0.3) is 11.1 Å². The molecule has 34 heavy (non-hydrogen) atoms. The van der Waals surface area contributed by atoms with Gasteiger partial charge in [0.2, 0.25) is 5.91 Å². The normalized spacial score (nSPS) is 23.8. The highest BCUT2D eigenvalue weighted by Gasteiger charge is 2.55. The average Bonchev–Trinajstić information content (AvgIpc) is 3.07. The highest BCUT2D eigenvalue weighted by molar-refractivity contribution is 5.87. The van der Waals surface area contributed by atoms with Gasteiger partial charge in [0.1, 0.15) is 5.82 Å². The number of amides is 1. The largest absolute Gasteiger partial charge is 0.378 e. The predicted molar refractivity (Wildman–Crippen MR) is 136 cm³/mol. The van der Waals surface area contributed by atoms with Crippen molar-refractivity contribution in [3.8, 4) is 11.1 Å². The molecule has 0 spiro atoms. The third-order valence-corrected chi connectivity index (χ3v) is 7.56. The zero-order valence-electron chi connectivity index (χ0n) is 20.0. The molecule has 1 aliphatic heterocycles. The maximum atomic E-state index is 15.0. The number of anilines is 1. The first-order valence-corrected chi connectivity index (χ1v) is 12.0. The van der Waals surface area contributed by atoms with E-state index in [1.807, 2.05) is 78.5 Å². The van der Waals surface area contributed by atoms with E-state index in [4.69, 9.17) is 0 Å². The van der Waals surface area contributed by atoms with E-state index in [1.165, 1.54) is 0 Å². The minimum absolute atomic E-state index is 0.0619. The van der Waals surface area contributed by atoms with E-state index < -0.39 is 5.41 Å². The van der Waals surface area contributed by atoms with Crippen molar-refractivity contribution in [1.82, 2.24) is 4.90 Å². The van der Waals surface area contributed by atoms with Gasteiger partial charge in [-0.25, -0.2) is 4.39 Å². The van der Waals surface area contributed by atoms with Crippen LogP contribution in [0, 0.1) is 17.2 Å². The van der Waals surface area contributed by atoms with Gasteiger partial charge in [-0.05, 0) is 53.8 Å². The van der Waals surface area contributed by atoms with E-state index in [0.717, 1.165) is 35.2 Å². The first kappa shape index (κ1) is 22.4. The minimum Gasteiger partial charge on any atom is -0.378 e. The van der Waals surface area contributed by atoms with Crippen molar-refractivity contribution >= 4 is 11.6 Å². The number of fused-ring (bicyclic) bond motifs is 1.